The summed E-state index contributed by atoms with van der Waals surface area (Å²) in [6.07, 6.45) is 0. The van der Waals surface area contributed by atoms with E-state index in [-0.39, 0.29) is 0 Å². The number of anilines is 2. The zero-order valence-electron chi connectivity index (χ0n) is 8.42. The van der Waals surface area contributed by atoms with Crippen LogP contribution in [0.15, 0.2) is 48.0 Å². The van der Waals surface area contributed by atoms with Crippen molar-refractivity contribution in [2.24, 2.45) is 0 Å². The molecular weight excluding hydrogens is 218 g/mol. The second-order valence-electron chi connectivity index (χ2n) is 3.40. The van der Waals surface area contributed by atoms with Gasteiger partial charge in [0, 0.05) is 11.1 Å². The van der Waals surface area contributed by atoms with E-state index in [9.17, 15) is 0 Å². The summed E-state index contributed by atoms with van der Waals surface area (Å²) < 4.78 is 0. The lowest BCUT2D eigenvalue weighted by atomic mass is 10.1. The van der Waals surface area contributed by atoms with Gasteiger partial charge in [0.15, 0.2) is 0 Å². The Balaban J connectivity index is 2.10. The topological polar surface area (TPSA) is 37.8 Å². The molecule has 0 fully saturated rings. The van der Waals surface area contributed by atoms with Crippen LogP contribution in [0.4, 0.5) is 10.8 Å². The van der Waals surface area contributed by atoms with Gasteiger partial charge < -0.3 is 5.32 Å². The molecule has 0 saturated heterocycles. The van der Waals surface area contributed by atoms with Crippen molar-refractivity contribution in [1.29, 1.82) is 0 Å². The quantitative estimate of drug-likeness (QED) is 0.728. The molecule has 3 aromatic rings. The minimum atomic E-state index is 0.816. The summed E-state index contributed by atoms with van der Waals surface area (Å²) in [7, 11) is 0. The molecule has 0 bridgehead atoms. The molecule has 0 radical (unpaired) electrons. The number of nitrogens with one attached hydrogen (secondary N) is 1. The molecule has 0 saturated carbocycles. The van der Waals surface area contributed by atoms with E-state index in [1.807, 2.05) is 24.3 Å². The summed E-state index contributed by atoms with van der Waals surface area (Å²) in [6.45, 7) is 0. The minimum Gasteiger partial charge on any atom is -0.330 e. The Kier molecular flexibility index (Phi) is 2.27. The Morgan fingerprint density at radius 1 is 1.00 bits per heavy atom. The summed E-state index contributed by atoms with van der Waals surface area (Å²) in [4.78, 5) is 0. The van der Waals surface area contributed by atoms with E-state index < -0.39 is 0 Å². The van der Waals surface area contributed by atoms with E-state index in [0.717, 1.165) is 10.8 Å². The highest BCUT2D eigenvalue weighted by atomic mass is 32.1. The van der Waals surface area contributed by atoms with Crippen molar-refractivity contribution >= 4 is 32.9 Å². The molecule has 4 heteroatoms. The Morgan fingerprint density at radius 2 is 1.88 bits per heavy atom. The summed E-state index contributed by atoms with van der Waals surface area (Å²) in [6, 6.07) is 14.4. The van der Waals surface area contributed by atoms with Gasteiger partial charge in [-0.15, -0.1) is 10.2 Å². The van der Waals surface area contributed by atoms with Crippen LogP contribution in [0.2, 0.25) is 0 Å². The molecule has 0 aliphatic rings. The van der Waals surface area contributed by atoms with Crippen LogP contribution in [-0.2, 0) is 0 Å². The molecular formula is C12H9N3S. The van der Waals surface area contributed by atoms with E-state index in [2.05, 4.69) is 33.7 Å². The number of nitrogens with zero attached hydrogens (tertiary/aromatic N) is 2. The monoisotopic (exact) mass is 227 g/mol. The summed E-state index contributed by atoms with van der Waals surface area (Å²) >= 11 is 1.49. The molecule has 1 heterocycles. The Labute approximate surface area is 96.8 Å². The van der Waals surface area contributed by atoms with E-state index >= 15 is 0 Å². The van der Waals surface area contributed by atoms with Crippen LogP contribution in [0, 0.1) is 0 Å². The average molecular weight is 227 g/mol. The van der Waals surface area contributed by atoms with E-state index in [1.165, 1.54) is 22.1 Å². The lowest BCUT2D eigenvalue weighted by molar-refractivity contribution is 1.09. The molecule has 3 nitrogen and oxygen atoms in total. The van der Waals surface area contributed by atoms with Crippen molar-refractivity contribution in [3.05, 3.63) is 48.0 Å². The Hall–Kier alpha value is -1.94. The molecule has 0 unspecified atom stereocenters. The normalized spacial score (nSPS) is 10.5. The smallest absolute Gasteiger partial charge is 0.209 e. The molecule has 0 aliphatic heterocycles. The number of aromatic nitrogens is 2. The van der Waals surface area contributed by atoms with E-state index in [0.29, 0.717) is 0 Å². The molecule has 1 N–H and O–H groups in total. The number of hydrogen-bond donors (Lipinski definition) is 1. The zero-order chi connectivity index (χ0) is 10.8. The fourth-order valence-electron chi connectivity index (χ4n) is 1.68. The number of fused-ring (bicyclic) bond motifs is 1. The van der Waals surface area contributed by atoms with E-state index in [1.54, 1.807) is 5.51 Å². The number of hydrogen-bond acceptors (Lipinski definition) is 4. The fourth-order valence-corrected chi connectivity index (χ4v) is 2.13. The van der Waals surface area contributed by atoms with Crippen molar-refractivity contribution in [2.45, 2.75) is 0 Å². The van der Waals surface area contributed by atoms with Gasteiger partial charge in [-0.25, -0.2) is 0 Å². The van der Waals surface area contributed by atoms with Crippen LogP contribution >= 0.6 is 11.3 Å². The van der Waals surface area contributed by atoms with Gasteiger partial charge in [0.1, 0.15) is 5.51 Å². The largest absolute Gasteiger partial charge is 0.330 e. The molecule has 16 heavy (non-hydrogen) atoms. The van der Waals surface area contributed by atoms with E-state index in [4.69, 9.17) is 0 Å². The van der Waals surface area contributed by atoms with Gasteiger partial charge in [-0.2, -0.15) is 0 Å². The SMILES string of the molecule is c1ccc2c(Nc3nncs3)cccc2c1. The van der Waals surface area contributed by atoms with Crippen LogP contribution < -0.4 is 5.32 Å². The second kappa shape index (κ2) is 3.90. The molecule has 2 aromatic carbocycles. The maximum absolute atomic E-state index is 3.98. The number of benzene rings is 2. The molecule has 0 atom stereocenters. The maximum atomic E-state index is 3.98. The van der Waals surface area contributed by atoms with Gasteiger partial charge in [0.2, 0.25) is 5.13 Å². The first-order valence-electron chi connectivity index (χ1n) is 4.94. The lowest BCUT2D eigenvalue weighted by Crippen LogP contribution is -1.90. The van der Waals surface area contributed by atoms with Crippen LogP contribution in [0.3, 0.4) is 0 Å². The van der Waals surface area contributed by atoms with Crippen molar-refractivity contribution in [2.75, 3.05) is 5.32 Å². The van der Waals surface area contributed by atoms with Gasteiger partial charge in [-0.1, -0.05) is 47.7 Å². The Bertz CT molecular complexity index is 599. The minimum absolute atomic E-state index is 0.816. The maximum Gasteiger partial charge on any atom is 0.209 e. The Morgan fingerprint density at radius 3 is 2.75 bits per heavy atom. The first kappa shape index (κ1) is 9.30. The lowest BCUT2D eigenvalue weighted by Gasteiger charge is -2.06. The first-order valence-corrected chi connectivity index (χ1v) is 5.82. The summed E-state index contributed by atoms with van der Waals surface area (Å²) in [5.74, 6) is 0. The molecule has 0 spiro atoms. The molecule has 0 amide bonds. The molecule has 78 valence electrons. The van der Waals surface area contributed by atoms with Gasteiger partial charge >= 0.3 is 0 Å². The first-order chi connectivity index (χ1) is 7.93. The van der Waals surface area contributed by atoms with Gasteiger partial charge in [-0.05, 0) is 11.5 Å². The third kappa shape index (κ3) is 1.63. The molecule has 1 aromatic heterocycles. The summed E-state index contributed by atoms with van der Waals surface area (Å²) in [5, 5.41) is 14.3. The van der Waals surface area contributed by atoms with Crippen molar-refractivity contribution in [3.63, 3.8) is 0 Å². The molecule has 0 aliphatic carbocycles. The number of rotatable bonds is 2. The predicted molar refractivity (Wildman–Crippen MR) is 67.1 cm³/mol. The van der Waals surface area contributed by atoms with Crippen LogP contribution in [0.5, 0.6) is 0 Å². The third-order valence-corrected chi connectivity index (χ3v) is 3.00. The highest BCUT2D eigenvalue weighted by Gasteiger charge is 2.01. The predicted octanol–water partition coefficient (Wildman–Crippen LogP) is 3.43. The van der Waals surface area contributed by atoms with Crippen LogP contribution in [0.1, 0.15) is 0 Å². The van der Waals surface area contributed by atoms with Crippen LogP contribution in [-0.4, -0.2) is 10.2 Å². The average Bonchev–Trinajstić information content (AvgIpc) is 2.82. The summed E-state index contributed by atoms with van der Waals surface area (Å²) in [5.41, 5.74) is 2.78. The van der Waals surface area contributed by atoms with Crippen molar-refractivity contribution < 1.29 is 0 Å². The second-order valence-corrected chi connectivity index (χ2v) is 4.23. The zero-order valence-corrected chi connectivity index (χ0v) is 9.24. The highest BCUT2D eigenvalue weighted by molar-refractivity contribution is 7.13. The highest BCUT2D eigenvalue weighted by Crippen LogP contribution is 2.26. The standard InChI is InChI=1S/C12H9N3S/c1-2-6-10-9(4-1)5-3-7-11(10)14-12-15-13-8-16-12/h1-8H,(H,14,15). The van der Waals surface area contributed by atoms with Crippen LogP contribution in [0.25, 0.3) is 10.8 Å². The van der Waals surface area contributed by atoms with Gasteiger partial charge in [0.25, 0.3) is 0 Å². The van der Waals surface area contributed by atoms with Crippen molar-refractivity contribution in [3.8, 4) is 0 Å². The third-order valence-electron chi connectivity index (χ3n) is 2.39. The fraction of sp³-hybridized carbons (Fsp3) is 0. The van der Waals surface area contributed by atoms with Gasteiger partial charge in [0.05, 0.1) is 0 Å². The molecule has 3 rings (SSSR count). The van der Waals surface area contributed by atoms with Gasteiger partial charge in [-0.3, -0.25) is 0 Å². The van der Waals surface area contributed by atoms with Crippen molar-refractivity contribution in [1.82, 2.24) is 10.2 Å².